The second-order valence-electron chi connectivity index (χ2n) is 6.85. The van der Waals surface area contributed by atoms with Gasteiger partial charge in [0, 0.05) is 44.0 Å². The predicted octanol–water partition coefficient (Wildman–Crippen LogP) is 3.96. The Morgan fingerprint density at radius 1 is 1.14 bits per heavy atom. The fourth-order valence-corrected chi connectivity index (χ4v) is 3.42. The first-order valence-corrected chi connectivity index (χ1v) is 9.28. The van der Waals surface area contributed by atoms with Crippen molar-refractivity contribution in [3.63, 3.8) is 0 Å². The van der Waals surface area contributed by atoms with Crippen LogP contribution in [0.1, 0.15) is 24.9 Å². The highest BCUT2D eigenvalue weighted by molar-refractivity contribution is 5.70. The number of anilines is 2. The van der Waals surface area contributed by atoms with E-state index in [2.05, 4.69) is 10.2 Å². The summed E-state index contributed by atoms with van der Waals surface area (Å²) in [6.07, 6.45) is -0.198. The van der Waals surface area contributed by atoms with Crippen LogP contribution in [0.25, 0.3) is 0 Å². The zero-order valence-electron chi connectivity index (χ0n) is 15.7. The molecule has 2 aromatic rings. The third-order valence-corrected chi connectivity index (χ3v) is 4.98. The van der Waals surface area contributed by atoms with Gasteiger partial charge in [-0.15, -0.1) is 0 Å². The zero-order chi connectivity index (χ0) is 20.1. The summed E-state index contributed by atoms with van der Waals surface area (Å²) in [5.74, 6) is 0. The van der Waals surface area contributed by atoms with Crippen LogP contribution in [0.2, 0.25) is 0 Å². The van der Waals surface area contributed by atoms with Crippen LogP contribution < -0.4 is 10.2 Å². The molecule has 148 valence electrons. The highest BCUT2D eigenvalue weighted by atomic mass is 16.6. The summed E-state index contributed by atoms with van der Waals surface area (Å²) in [4.78, 5) is 25.8. The van der Waals surface area contributed by atoms with Crippen LogP contribution in [0, 0.1) is 10.1 Å². The SMILES string of the molecule is CC(Nc1cc(N2CCCN(C(=O)O)CC2)ccc1[N+](=O)[O-])c1ccccc1. The van der Waals surface area contributed by atoms with Gasteiger partial charge in [-0.05, 0) is 31.0 Å². The fraction of sp³-hybridized carbons (Fsp3) is 0.350. The molecule has 1 aliphatic heterocycles. The number of hydrogen-bond acceptors (Lipinski definition) is 5. The van der Waals surface area contributed by atoms with Gasteiger partial charge in [-0.3, -0.25) is 10.1 Å². The number of nitro benzene ring substituents is 1. The lowest BCUT2D eigenvalue weighted by Crippen LogP contribution is -2.34. The number of nitrogens with zero attached hydrogens (tertiary/aromatic N) is 3. The molecule has 0 aliphatic carbocycles. The van der Waals surface area contributed by atoms with Gasteiger partial charge in [0.2, 0.25) is 0 Å². The number of rotatable bonds is 5. The Morgan fingerprint density at radius 3 is 2.57 bits per heavy atom. The Balaban J connectivity index is 1.83. The van der Waals surface area contributed by atoms with E-state index in [0.717, 1.165) is 11.3 Å². The molecule has 0 saturated carbocycles. The lowest BCUT2D eigenvalue weighted by atomic mass is 10.1. The van der Waals surface area contributed by atoms with Gasteiger partial charge in [0.25, 0.3) is 5.69 Å². The molecule has 0 spiro atoms. The predicted molar refractivity (Wildman–Crippen MR) is 108 cm³/mol. The second kappa shape index (κ2) is 8.60. The van der Waals surface area contributed by atoms with Crippen LogP contribution in [-0.4, -0.2) is 47.2 Å². The van der Waals surface area contributed by atoms with Gasteiger partial charge in [0.1, 0.15) is 5.69 Å². The standard InChI is InChI=1S/C20H24N4O4/c1-15(16-6-3-2-4-7-16)21-18-14-17(8-9-19(18)24(27)28)22-10-5-11-23(13-12-22)20(25)26/h2-4,6-9,14-15,21H,5,10-13H2,1H3,(H,25,26). The Labute approximate surface area is 163 Å². The summed E-state index contributed by atoms with van der Waals surface area (Å²) in [6.45, 7) is 4.12. The smallest absolute Gasteiger partial charge is 0.407 e. The van der Waals surface area contributed by atoms with Crippen molar-refractivity contribution < 1.29 is 14.8 Å². The highest BCUT2D eigenvalue weighted by Crippen LogP contribution is 2.32. The van der Waals surface area contributed by atoms with Crippen molar-refractivity contribution in [3.8, 4) is 0 Å². The van der Waals surface area contributed by atoms with Crippen molar-refractivity contribution in [3.05, 3.63) is 64.2 Å². The van der Waals surface area contributed by atoms with Gasteiger partial charge in [-0.2, -0.15) is 0 Å². The van der Waals surface area contributed by atoms with Gasteiger partial charge in [-0.25, -0.2) is 4.79 Å². The molecule has 2 aromatic carbocycles. The Morgan fingerprint density at radius 2 is 1.89 bits per heavy atom. The molecule has 3 rings (SSSR count). The largest absolute Gasteiger partial charge is 0.465 e. The minimum absolute atomic E-state index is 0.0218. The zero-order valence-corrected chi connectivity index (χ0v) is 15.7. The van der Waals surface area contributed by atoms with Crippen molar-refractivity contribution in [2.24, 2.45) is 0 Å². The first-order chi connectivity index (χ1) is 13.5. The van der Waals surface area contributed by atoms with Gasteiger partial charge in [0.05, 0.1) is 4.92 Å². The summed E-state index contributed by atoms with van der Waals surface area (Å²) in [6, 6.07) is 14.7. The maximum Gasteiger partial charge on any atom is 0.407 e. The lowest BCUT2D eigenvalue weighted by Gasteiger charge is -2.24. The van der Waals surface area contributed by atoms with Crippen molar-refractivity contribution in [1.29, 1.82) is 0 Å². The number of nitro groups is 1. The Kier molecular flexibility index (Phi) is 5.98. The number of carbonyl (C=O) groups is 1. The van der Waals surface area contributed by atoms with Crippen molar-refractivity contribution in [1.82, 2.24) is 4.90 Å². The van der Waals surface area contributed by atoms with E-state index in [9.17, 15) is 20.0 Å². The van der Waals surface area contributed by atoms with Crippen LogP contribution in [0.5, 0.6) is 0 Å². The molecule has 1 aliphatic rings. The van der Waals surface area contributed by atoms with E-state index >= 15 is 0 Å². The lowest BCUT2D eigenvalue weighted by molar-refractivity contribution is -0.384. The molecule has 0 aromatic heterocycles. The average Bonchev–Trinajstić information content (AvgIpc) is 2.95. The van der Waals surface area contributed by atoms with Crippen LogP contribution in [0.3, 0.4) is 0 Å². The molecular weight excluding hydrogens is 360 g/mol. The maximum absolute atomic E-state index is 11.5. The van der Waals surface area contributed by atoms with E-state index in [-0.39, 0.29) is 11.7 Å². The van der Waals surface area contributed by atoms with Crippen molar-refractivity contribution >= 4 is 23.2 Å². The van der Waals surface area contributed by atoms with Gasteiger partial charge in [-0.1, -0.05) is 30.3 Å². The topological polar surface area (TPSA) is 99.0 Å². The highest BCUT2D eigenvalue weighted by Gasteiger charge is 2.22. The van der Waals surface area contributed by atoms with E-state index in [0.29, 0.717) is 38.3 Å². The van der Waals surface area contributed by atoms with E-state index < -0.39 is 11.0 Å². The normalized spacial score (nSPS) is 15.6. The molecule has 1 atom stereocenters. The summed E-state index contributed by atoms with van der Waals surface area (Å²) in [7, 11) is 0. The minimum atomic E-state index is -0.912. The third kappa shape index (κ3) is 4.51. The van der Waals surface area contributed by atoms with E-state index in [1.54, 1.807) is 12.1 Å². The Hall–Kier alpha value is -3.29. The molecule has 1 unspecified atom stereocenters. The minimum Gasteiger partial charge on any atom is -0.465 e. The number of carboxylic acid groups (broad SMARTS) is 1. The van der Waals surface area contributed by atoms with E-state index in [1.807, 2.05) is 37.3 Å². The molecule has 1 amide bonds. The molecule has 8 heteroatoms. The van der Waals surface area contributed by atoms with Crippen LogP contribution in [0.15, 0.2) is 48.5 Å². The molecular formula is C20H24N4O4. The quantitative estimate of drug-likeness (QED) is 0.598. The maximum atomic E-state index is 11.5. The molecule has 2 N–H and O–H groups in total. The van der Waals surface area contributed by atoms with Gasteiger partial charge in [0.15, 0.2) is 0 Å². The molecule has 28 heavy (non-hydrogen) atoms. The first kappa shape index (κ1) is 19.5. The average molecular weight is 384 g/mol. The molecule has 8 nitrogen and oxygen atoms in total. The second-order valence-corrected chi connectivity index (χ2v) is 6.85. The first-order valence-electron chi connectivity index (χ1n) is 9.28. The number of amides is 1. The molecule has 1 fully saturated rings. The molecule has 0 radical (unpaired) electrons. The summed E-state index contributed by atoms with van der Waals surface area (Å²) < 4.78 is 0. The molecule has 0 bridgehead atoms. The van der Waals surface area contributed by atoms with Gasteiger partial charge < -0.3 is 20.2 Å². The summed E-state index contributed by atoms with van der Waals surface area (Å²) >= 11 is 0. The number of nitrogens with one attached hydrogen (secondary N) is 1. The van der Waals surface area contributed by atoms with Crippen molar-refractivity contribution in [2.45, 2.75) is 19.4 Å². The Bertz CT molecular complexity index is 843. The monoisotopic (exact) mass is 384 g/mol. The van der Waals surface area contributed by atoms with E-state index in [4.69, 9.17) is 0 Å². The van der Waals surface area contributed by atoms with Crippen LogP contribution >= 0.6 is 0 Å². The molecule has 1 heterocycles. The molecule has 1 saturated heterocycles. The van der Waals surface area contributed by atoms with E-state index in [1.165, 1.54) is 11.0 Å². The fourth-order valence-electron chi connectivity index (χ4n) is 3.42. The van der Waals surface area contributed by atoms with Crippen molar-refractivity contribution in [2.75, 3.05) is 36.4 Å². The van der Waals surface area contributed by atoms with Crippen LogP contribution in [-0.2, 0) is 0 Å². The third-order valence-electron chi connectivity index (χ3n) is 4.98. The number of hydrogen-bond donors (Lipinski definition) is 2. The number of benzene rings is 2. The van der Waals surface area contributed by atoms with Crippen LogP contribution in [0.4, 0.5) is 21.9 Å². The van der Waals surface area contributed by atoms with Gasteiger partial charge >= 0.3 is 6.09 Å². The summed E-state index contributed by atoms with van der Waals surface area (Å²) in [5, 5.41) is 23.9. The summed E-state index contributed by atoms with van der Waals surface area (Å²) in [5.41, 5.74) is 2.36.